The van der Waals surface area contributed by atoms with E-state index in [1.165, 1.54) is 43.7 Å². The molecule has 700 valence electrons. The van der Waals surface area contributed by atoms with Crippen LogP contribution in [0.25, 0.3) is 276 Å². The third kappa shape index (κ3) is 14.7. The van der Waals surface area contributed by atoms with E-state index in [1.807, 2.05) is 60.7 Å². The zero-order chi connectivity index (χ0) is 98.8. The number of anilines is 3. The van der Waals surface area contributed by atoms with E-state index < -0.39 is 0 Å². The zero-order valence-corrected chi connectivity index (χ0v) is 80.8. The summed E-state index contributed by atoms with van der Waals surface area (Å²) in [5.74, 6) is 2.02. The van der Waals surface area contributed by atoms with E-state index in [2.05, 4.69) is 469 Å². The van der Waals surface area contributed by atoms with Crippen molar-refractivity contribution in [1.82, 2.24) is 39.0 Å². The predicted molar refractivity (Wildman–Crippen MR) is 620 cm³/mol. The molecule has 0 radical (unpaired) electrons. The van der Waals surface area contributed by atoms with Gasteiger partial charge in [0.1, 0.15) is 33.5 Å². The lowest BCUT2D eigenvalue weighted by molar-refractivity contribution is 0.672. The average Bonchev–Trinajstić information content (AvgIpc) is 1.00. The molecule has 0 spiro atoms. The molecule has 0 saturated carbocycles. The zero-order valence-electron chi connectivity index (χ0n) is 80.8. The minimum absolute atomic E-state index is 0.671. The molecule has 0 atom stereocenters. The summed E-state index contributed by atoms with van der Waals surface area (Å²) in [5.41, 5.74) is 31.2. The van der Waals surface area contributed by atoms with Crippen LogP contribution in [0, 0.1) is 0 Å². The number of fused-ring (bicyclic) bond motifs is 24. The molecule has 0 aliphatic carbocycles. The topological polar surface area (TPSA) is 130 Å². The number of hydrogen-bond acceptors (Lipinski definition) is 10. The molecule has 12 heteroatoms. The number of nitrogens with zero attached hydrogens (tertiary/aromatic N) is 9. The van der Waals surface area contributed by atoms with Gasteiger partial charge in [-0.1, -0.05) is 370 Å². The maximum Gasteiger partial charge on any atom is 0.161 e. The molecule has 0 saturated heterocycles. The summed E-state index contributed by atoms with van der Waals surface area (Å²) < 4.78 is 24.9. The van der Waals surface area contributed by atoms with Crippen molar-refractivity contribution in [2.24, 2.45) is 0 Å². The highest BCUT2D eigenvalue weighted by Gasteiger charge is 2.28. The molecule has 150 heavy (non-hydrogen) atoms. The number of rotatable bonds is 13. The fraction of sp³-hybridized carbons (Fsp3) is 0. The lowest BCUT2D eigenvalue weighted by atomic mass is 9.97. The standard InChI is InChI=1S/2C48H29N3O.C42H27N3O/c1-3-13-30(14-4-1)32-23-25-37-36-19-10-12-22-42(36)51(43(37)28-32)34-24-26-44-39(29-34)45-40(27-33-17-7-8-18-35(33)47(45)52-44)48-49-41-21-11-9-20-38(41)46(50-48)31-15-5-2-6-16-31;1-2-12-31(13-3-1)46-38-18-6-9-19-41(38)49-48(50-46)40-29-33-14-4-5-15-35(33)47-45(40)39-28-32(24-27-44(39)52-47)30-22-25-34(26-23-30)51-42-20-10-7-16-36(42)37-17-8-11-21-43(37)51;1-4-14-28(15-5-1)40-34-22-12-13-23-37(34)43-42(44-40)36-26-29-16-10-11-21-33(29)41-39(36)35-27-32(24-25-38(35)46-41)45(30-17-6-2-7-18-30)31-19-8-3-9-20-31/h2*1-29H;1-27H. The van der Waals surface area contributed by atoms with Crippen molar-refractivity contribution in [1.29, 1.82) is 0 Å². The Bertz CT molecular complexity index is 10700. The third-order valence-electron chi connectivity index (χ3n) is 29.4. The monoisotopic (exact) mass is 1920 g/mol. The van der Waals surface area contributed by atoms with Crippen LogP contribution in [0.2, 0.25) is 0 Å². The Morgan fingerprint density at radius 3 is 0.887 bits per heavy atom. The summed E-state index contributed by atoms with van der Waals surface area (Å²) in [5, 5.41) is 20.6. The highest BCUT2D eigenvalue weighted by molar-refractivity contribution is 6.25. The maximum absolute atomic E-state index is 6.79. The molecule has 0 aliphatic heterocycles. The number of benzene rings is 23. The van der Waals surface area contributed by atoms with Gasteiger partial charge in [0.2, 0.25) is 0 Å². The fourth-order valence-electron chi connectivity index (χ4n) is 22.5. The highest BCUT2D eigenvalue weighted by atomic mass is 16.3. The predicted octanol–water partition coefficient (Wildman–Crippen LogP) is 37.0. The summed E-state index contributed by atoms with van der Waals surface area (Å²) in [6, 6.07) is 180. The highest BCUT2D eigenvalue weighted by Crippen LogP contribution is 2.50. The van der Waals surface area contributed by atoms with E-state index >= 15 is 0 Å². The summed E-state index contributed by atoms with van der Waals surface area (Å²) >= 11 is 0. The van der Waals surface area contributed by atoms with Crippen molar-refractivity contribution < 1.29 is 13.3 Å². The van der Waals surface area contributed by atoms with Crippen LogP contribution >= 0.6 is 0 Å². The lowest BCUT2D eigenvalue weighted by Gasteiger charge is -2.25. The fourth-order valence-corrected chi connectivity index (χ4v) is 22.5. The van der Waals surface area contributed by atoms with E-state index in [0.717, 1.165) is 232 Å². The van der Waals surface area contributed by atoms with Crippen molar-refractivity contribution >= 4 is 192 Å². The van der Waals surface area contributed by atoms with Crippen molar-refractivity contribution in [2.75, 3.05) is 4.90 Å². The molecule has 0 unspecified atom stereocenters. The quantitative estimate of drug-likeness (QED) is 0.110. The van der Waals surface area contributed by atoms with E-state index in [-0.39, 0.29) is 0 Å². The first-order valence-electron chi connectivity index (χ1n) is 50.6. The van der Waals surface area contributed by atoms with Crippen LogP contribution in [0.3, 0.4) is 0 Å². The Labute approximate surface area is 859 Å². The Morgan fingerprint density at radius 1 is 0.173 bits per heavy atom. The number of para-hydroxylation sites is 8. The van der Waals surface area contributed by atoms with Crippen molar-refractivity contribution in [3.8, 4) is 102 Å². The molecule has 0 fully saturated rings. The van der Waals surface area contributed by atoms with E-state index in [9.17, 15) is 0 Å². The van der Waals surface area contributed by atoms with Gasteiger partial charge in [0.05, 0.1) is 55.7 Å². The Hall–Kier alpha value is -20.3. The summed E-state index contributed by atoms with van der Waals surface area (Å²) in [6.45, 7) is 0. The van der Waals surface area contributed by atoms with Gasteiger partial charge in [-0.3, -0.25) is 0 Å². The first kappa shape index (κ1) is 86.3. The molecule has 12 nitrogen and oxygen atoms in total. The first-order chi connectivity index (χ1) is 74.4. The van der Waals surface area contributed by atoms with E-state index in [0.29, 0.717) is 17.5 Å². The van der Waals surface area contributed by atoms with Crippen LogP contribution < -0.4 is 4.90 Å². The molecule has 0 aliphatic rings. The number of aromatic nitrogens is 8. The van der Waals surface area contributed by atoms with Gasteiger partial charge in [-0.15, -0.1) is 0 Å². The maximum atomic E-state index is 6.79. The van der Waals surface area contributed by atoms with E-state index in [4.69, 9.17) is 43.2 Å². The minimum atomic E-state index is 0.671. The van der Waals surface area contributed by atoms with Gasteiger partial charge in [-0.05, 0) is 184 Å². The Morgan fingerprint density at radius 2 is 0.467 bits per heavy atom. The molecule has 0 bridgehead atoms. The second-order valence-electron chi connectivity index (χ2n) is 38.1. The molecule has 0 amide bonds. The van der Waals surface area contributed by atoms with Gasteiger partial charge in [-0.25, -0.2) is 29.9 Å². The molecular weight excluding hydrogens is 1830 g/mol. The molecule has 8 aromatic heterocycles. The van der Waals surface area contributed by atoms with Gasteiger partial charge in [0.15, 0.2) is 17.5 Å². The minimum Gasteiger partial charge on any atom is -0.455 e. The van der Waals surface area contributed by atoms with Crippen LogP contribution in [-0.2, 0) is 0 Å². The van der Waals surface area contributed by atoms with Gasteiger partial charge < -0.3 is 27.3 Å². The summed E-state index contributed by atoms with van der Waals surface area (Å²) in [4.78, 5) is 33.7. The van der Waals surface area contributed by atoms with Crippen LogP contribution in [-0.4, -0.2) is 39.0 Å². The van der Waals surface area contributed by atoms with Crippen LogP contribution in [0.15, 0.2) is 529 Å². The Balaban J connectivity index is 0.000000106. The Kier molecular flexibility index (Phi) is 20.7. The number of hydrogen-bond donors (Lipinski definition) is 0. The first-order valence-corrected chi connectivity index (χ1v) is 50.6. The summed E-state index contributed by atoms with van der Waals surface area (Å²) in [7, 11) is 0. The van der Waals surface area contributed by atoms with E-state index in [1.54, 1.807) is 0 Å². The molecule has 31 rings (SSSR count). The number of furan rings is 3. The molecule has 23 aromatic carbocycles. The van der Waals surface area contributed by atoms with Gasteiger partial charge >= 0.3 is 0 Å². The van der Waals surface area contributed by atoms with Crippen molar-refractivity contribution in [2.45, 2.75) is 0 Å². The summed E-state index contributed by atoms with van der Waals surface area (Å²) in [6.07, 6.45) is 0. The smallest absolute Gasteiger partial charge is 0.161 e. The third-order valence-corrected chi connectivity index (χ3v) is 29.4. The molecular formula is C138H85N9O3. The second-order valence-corrected chi connectivity index (χ2v) is 38.1. The average molecular weight is 1920 g/mol. The second kappa shape index (κ2) is 35.9. The lowest BCUT2D eigenvalue weighted by Crippen LogP contribution is -2.09. The van der Waals surface area contributed by atoms with Crippen molar-refractivity contribution in [3.63, 3.8) is 0 Å². The molecule has 31 aromatic rings. The van der Waals surface area contributed by atoms with Crippen LogP contribution in [0.1, 0.15) is 0 Å². The van der Waals surface area contributed by atoms with Crippen LogP contribution in [0.4, 0.5) is 17.1 Å². The van der Waals surface area contributed by atoms with Gasteiger partial charge in [0, 0.05) is 148 Å². The molecule has 8 heterocycles. The largest absolute Gasteiger partial charge is 0.455 e. The van der Waals surface area contributed by atoms with Crippen LogP contribution in [0.5, 0.6) is 0 Å². The van der Waals surface area contributed by atoms with Gasteiger partial charge in [-0.2, -0.15) is 0 Å². The molecule has 0 N–H and O–H groups in total. The SMILES string of the molecule is c1ccc(-c2ccc3c4ccccc4n(-c4ccc5oc6c7ccccc7cc(-c7nc(-c8ccccc8)c8ccccc8n7)c6c5c4)c3c2)cc1.c1ccc(-c2nc(-c3cc4ccccc4c4oc5ccc(-c6ccc(-n7c8ccccc8c8ccccc87)cc6)cc5c34)nc3ccccc23)cc1.c1ccc(-c2nc(-c3cc4ccccc4c4oc5ccc(N(c6ccccc6)c6ccccc6)cc5c34)nc3ccccc23)cc1. The normalized spacial score (nSPS) is 11.7. The van der Waals surface area contributed by atoms with Crippen molar-refractivity contribution in [3.05, 3.63) is 516 Å². The van der Waals surface area contributed by atoms with Gasteiger partial charge in [0.25, 0.3) is 0 Å².